The Balaban J connectivity index is 2.12. The Morgan fingerprint density at radius 1 is 1.11 bits per heavy atom. The van der Waals surface area contributed by atoms with E-state index in [1.54, 1.807) is 22.5 Å². The van der Waals surface area contributed by atoms with Gasteiger partial charge in [-0.25, -0.2) is 0 Å². The average molecular weight is 257 g/mol. The van der Waals surface area contributed by atoms with Crippen molar-refractivity contribution in [1.29, 1.82) is 0 Å². The van der Waals surface area contributed by atoms with Crippen molar-refractivity contribution >= 4 is 17.4 Å². The van der Waals surface area contributed by atoms with Crippen LogP contribution in [0.1, 0.15) is 6.92 Å². The Bertz CT molecular complexity index is 665. The monoisotopic (exact) mass is 257 g/mol. The molecule has 3 rings (SSSR count). The number of aromatic nitrogens is 5. The Morgan fingerprint density at radius 2 is 2.06 bits per heavy atom. The Labute approximate surface area is 108 Å². The number of hydrogen-bond donors (Lipinski definition) is 0. The fourth-order valence-electron chi connectivity index (χ4n) is 1.64. The summed E-state index contributed by atoms with van der Waals surface area (Å²) in [7, 11) is 0. The molecule has 0 saturated heterocycles. The predicted molar refractivity (Wildman–Crippen MR) is 70.4 cm³/mol. The highest BCUT2D eigenvalue weighted by molar-refractivity contribution is 7.99. The fraction of sp³-hybridized carbons (Fsp3) is 0.167. The summed E-state index contributed by atoms with van der Waals surface area (Å²) in [6.45, 7) is 2.08. The van der Waals surface area contributed by atoms with Gasteiger partial charge in [0.15, 0.2) is 5.65 Å². The molecule has 0 aromatic carbocycles. The summed E-state index contributed by atoms with van der Waals surface area (Å²) >= 11 is 1.62. The molecule has 0 spiro atoms. The summed E-state index contributed by atoms with van der Waals surface area (Å²) in [5.74, 6) is 0.941. The lowest BCUT2D eigenvalue weighted by Crippen LogP contribution is -1.97. The molecule has 3 aromatic heterocycles. The van der Waals surface area contributed by atoms with Gasteiger partial charge < -0.3 is 0 Å². The third-order valence-corrected chi connectivity index (χ3v) is 3.24. The molecule has 0 unspecified atom stereocenters. The summed E-state index contributed by atoms with van der Waals surface area (Å²) in [5, 5.41) is 13.5. The first-order valence-electron chi connectivity index (χ1n) is 5.65. The van der Waals surface area contributed by atoms with Crippen LogP contribution in [0.2, 0.25) is 0 Å². The SMILES string of the molecule is CCSc1nnc2ccc(-c3ccccn3)nn12. The van der Waals surface area contributed by atoms with Gasteiger partial charge in [-0.3, -0.25) is 4.98 Å². The minimum Gasteiger partial charge on any atom is -0.255 e. The van der Waals surface area contributed by atoms with Crippen LogP contribution in [0, 0.1) is 0 Å². The highest BCUT2D eigenvalue weighted by Gasteiger charge is 2.08. The van der Waals surface area contributed by atoms with Crippen molar-refractivity contribution in [2.24, 2.45) is 0 Å². The van der Waals surface area contributed by atoms with Crippen molar-refractivity contribution in [3.05, 3.63) is 36.5 Å². The molecule has 0 fully saturated rings. The first-order valence-corrected chi connectivity index (χ1v) is 6.63. The van der Waals surface area contributed by atoms with Gasteiger partial charge in [0.2, 0.25) is 5.16 Å². The molecule has 3 heterocycles. The molecule has 0 aliphatic rings. The molecule has 0 saturated carbocycles. The molecule has 0 bridgehead atoms. The van der Waals surface area contributed by atoms with Crippen LogP contribution >= 0.6 is 11.8 Å². The van der Waals surface area contributed by atoms with Crippen LogP contribution < -0.4 is 0 Å². The van der Waals surface area contributed by atoms with E-state index in [0.29, 0.717) is 0 Å². The van der Waals surface area contributed by atoms with E-state index in [1.807, 2.05) is 30.3 Å². The van der Waals surface area contributed by atoms with Gasteiger partial charge in [-0.05, 0) is 30.0 Å². The van der Waals surface area contributed by atoms with E-state index in [1.165, 1.54) is 0 Å². The van der Waals surface area contributed by atoms with Gasteiger partial charge >= 0.3 is 0 Å². The molecule has 0 N–H and O–H groups in total. The quantitative estimate of drug-likeness (QED) is 0.674. The molecule has 0 atom stereocenters. The second-order valence-corrected chi connectivity index (χ2v) is 4.85. The second-order valence-electron chi connectivity index (χ2n) is 3.62. The van der Waals surface area contributed by atoms with Crippen LogP contribution in [0.3, 0.4) is 0 Å². The number of fused-ring (bicyclic) bond motifs is 1. The zero-order chi connectivity index (χ0) is 12.4. The van der Waals surface area contributed by atoms with Gasteiger partial charge in [0.25, 0.3) is 0 Å². The summed E-state index contributed by atoms with van der Waals surface area (Å²) in [5.41, 5.74) is 2.42. The standard InChI is InChI=1S/C12H11N5S/c1-2-18-12-15-14-11-7-6-10(16-17(11)12)9-5-3-4-8-13-9/h3-8H,2H2,1H3. The van der Waals surface area contributed by atoms with Gasteiger partial charge in [-0.1, -0.05) is 24.8 Å². The summed E-state index contributed by atoms with van der Waals surface area (Å²) < 4.78 is 1.76. The zero-order valence-corrected chi connectivity index (χ0v) is 10.6. The van der Waals surface area contributed by atoms with Crippen LogP contribution in [0.15, 0.2) is 41.7 Å². The molecule has 0 aliphatic heterocycles. The molecule has 6 heteroatoms. The molecule has 0 amide bonds. The lowest BCUT2D eigenvalue weighted by Gasteiger charge is -2.01. The third-order valence-electron chi connectivity index (χ3n) is 2.43. The van der Waals surface area contributed by atoms with Gasteiger partial charge in [0.05, 0.1) is 5.69 Å². The van der Waals surface area contributed by atoms with Crippen LogP contribution in [-0.4, -0.2) is 30.5 Å². The number of rotatable bonds is 3. The van der Waals surface area contributed by atoms with Crippen LogP contribution in [-0.2, 0) is 0 Å². The van der Waals surface area contributed by atoms with Gasteiger partial charge in [0, 0.05) is 6.20 Å². The maximum absolute atomic E-state index is 4.53. The number of thioether (sulfide) groups is 1. The third kappa shape index (κ3) is 1.95. The highest BCUT2D eigenvalue weighted by atomic mass is 32.2. The van der Waals surface area contributed by atoms with E-state index >= 15 is 0 Å². The molecule has 0 radical (unpaired) electrons. The van der Waals surface area contributed by atoms with E-state index in [4.69, 9.17) is 0 Å². The van der Waals surface area contributed by atoms with E-state index in [2.05, 4.69) is 27.2 Å². The van der Waals surface area contributed by atoms with Gasteiger partial charge in [-0.2, -0.15) is 9.61 Å². The molecule has 18 heavy (non-hydrogen) atoms. The lowest BCUT2D eigenvalue weighted by molar-refractivity contribution is 0.812. The van der Waals surface area contributed by atoms with Crippen molar-refractivity contribution < 1.29 is 0 Å². The minimum atomic E-state index is 0.755. The summed E-state index contributed by atoms with van der Waals surface area (Å²) in [4.78, 5) is 4.29. The largest absolute Gasteiger partial charge is 0.255 e. The lowest BCUT2D eigenvalue weighted by atomic mass is 10.2. The molecule has 0 aliphatic carbocycles. The topological polar surface area (TPSA) is 56.0 Å². The molecular formula is C12H11N5S. The zero-order valence-electron chi connectivity index (χ0n) is 9.82. The Morgan fingerprint density at radius 3 is 2.83 bits per heavy atom. The Kier molecular flexibility index (Phi) is 2.93. The van der Waals surface area contributed by atoms with Crippen LogP contribution in [0.5, 0.6) is 0 Å². The number of hydrogen-bond acceptors (Lipinski definition) is 5. The fourth-order valence-corrected chi connectivity index (χ4v) is 2.25. The average Bonchev–Trinajstić information content (AvgIpc) is 2.83. The van der Waals surface area contributed by atoms with Crippen LogP contribution in [0.25, 0.3) is 17.0 Å². The molecule has 3 aromatic rings. The number of nitrogens with zero attached hydrogens (tertiary/aromatic N) is 5. The van der Waals surface area contributed by atoms with E-state index < -0.39 is 0 Å². The van der Waals surface area contributed by atoms with Crippen molar-refractivity contribution in [2.75, 3.05) is 5.75 Å². The maximum Gasteiger partial charge on any atom is 0.212 e. The first kappa shape index (κ1) is 11.2. The van der Waals surface area contributed by atoms with Crippen molar-refractivity contribution in [3.63, 3.8) is 0 Å². The highest BCUT2D eigenvalue weighted by Crippen LogP contribution is 2.18. The smallest absolute Gasteiger partial charge is 0.212 e. The Hall–Kier alpha value is -1.95. The summed E-state index contributed by atoms with van der Waals surface area (Å²) in [6, 6.07) is 9.59. The van der Waals surface area contributed by atoms with Crippen LogP contribution in [0.4, 0.5) is 0 Å². The molecular weight excluding hydrogens is 246 g/mol. The minimum absolute atomic E-state index is 0.755. The van der Waals surface area contributed by atoms with E-state index in [9.17, 15) is 0 Å². The summed E-state index contributed by atoms with van der Waals surface area (Å²) in [6.07, 6.45) is 1.76. The predicted octanol–water partition coefficient (Wildman–Crippen LogP) is 2.30. The van der Waals surface area contributed by atoms with Crippen molar-refractivity contribution in [2.45, 2.75) is 12.1 Å². The van der Waals surface area contributed by atoms with Crippen molar-refractivity contribution in [1.82, 2.24) is 24.8 Å². The molecule has 90 valence electrons. The van der Waals surface area contributed by atoms with Gasteiger partial charge in [0.1, 0.15) is 5.69 Å². The van der Waals surface area contributed by atoms with Crippen molar-refractivity contribution in [3.8, 4) is 11.4 Å². The van der Waals surface area contributed by atoms with Gasteiger partial charge in [-0.15, -0.1) is 10.2 Å². The first-order chi connectivity index (χ1) is 8.88. The van der Waals surface area contributed by atoms with E-state index in [-0.39, 0.29) is 0 Å². The number of pyridine rings is 1. The van der Waals surface area contributed by atoms with E-state index in [0.717, 1.165) is 27.9 Å². The normalized spacial score (nSPS) is 10.9. The molecule has 5 nitrogen and oxygen atoms in total. The maximum atomic E-state index is 4.53. The second kappa shape index (κ2) is 4.73.